The van der Waals surface area contributed by atoms with E-state index in [-0.39, 0.29) is 0 Å². The minimum atomic E-state index is 0.892. The van der Waals surface area contributed by atoms with Gasteiger partial charge in [-0.2, -0.15) is 0 Å². The molecule has 10 aromatic carbocycles. The zero-order valence-corrected chi connectivity index (χ0v) is 31.5. The molecule has 0 aliphatic carbocycles. The van der Waals surface area contributed by atoms with Crippen LogP contribution in [0.2, 0.25) is 0 Å². The van der Waals surface area contributed by atoms with Gasteiger partial charge in [0.1, 0.15) is 11.2 Å². The molecule has 0 atom stereocenters. The van der Waals surface area contributed by atoms with Crippen molar-refractivity contribution < 1.29 is 4.42 Å². The fourth-order valence-corrected chi connectivity index (χ4v) is 11.8. The van der Waals surface area contributed by atoms with Crippen LogP contribution in [0.4, 0.5) is 17.1 Å². The van der Waals surface area contributed by atoms with Gasteiger partial charge in [-0.3, -0.25) is 0 Å². The number of hydrogen-bond acceptors (Lipinski definition) is 4. The average molecular weight is 748 g/mol. The molecular formula is C52H29NOS2. The van der Waals surface area contributed by atoms with E-state index in [2.05, 4.69) is 181 Å². The molecule has 0 N–H and O–H groups in total. The van der Waals surface area contributed by atoms with Crippen molar-refractivity contribution in [3.8, 4) is 0 Å². The Labute approximate surface area is 328 Å². The van der Waals surface area contributed by atoms with Crippen molar-refractivity contribution in [1.82, 2.24) is 0 Å². The summed E-state index contributed by atoms with van der Waals surface area (Å²) < 4.78 is 11.8. The average Bonchev–Trinajstić information content (AvgIpc) is 3.95. The molecule has 0 aliphatic heterocycles. The normalized spacial score (nSPS) is 12.3. The molecule has 3 aromatic heterocycles. The molecule has 0 bridgehead atoms. The van der Waals surface area contributed by atoms with Gasteiger partial charge >= 0.3 is 0 Å². The minimum absolute atomic E-state index is 0.892. The summed E-state index contributed by atoms with van der Waals surface area (Å²) in [5.74, 6) is 0. The van der Waals surface area contributed by atoms with Gasteiger partial charge in [0.15, 0.2) is 0 Å². The van der Waals surface area contributed by atoms with Gasteiger partial charge in [0.05, 0.1) is 5.69 Å². The number of fused-ring (bicyclic) bond motifs is 18. The lowest BCUT2D eigenvalue weighted by Gasteiger charge is -2.27. The Morgan fingerprint density at radius 2 is 0.964 bits per heavy atom. The van der Waals surface area contributed by atoms with Crippen LogP contribution in [0.5, 0.6) is 0 Å². The number of thiophene rings is 2. The van der Waals surface area contributed by atoms with Crippen LogP contribution in [0.15, 0.2) is 180 Å². The van der Waals surface area contributed by atoms with Crippen molar-refractivity contribution in [3.05, 3.63) is 176 Å². The summed E-state index contributed by atoms with van der Waals surface area (Å²) in [5, 5.41) is 17.6. The molecule has 0 saturated carbocycles. The first-order chi connectivity index (χ1) is 27.8. The zero-order valence-electron chi connectivity index (χ0n) is 29.9. The van der Waals surface area contributed by atoms with Crippen LogP contribution >= 0.6 is 22.7 Å². The molecular weight excluding hydrogens is 719 g/mol. The Morgan fingerprint density at radius 1 is 0.357 bits per heavy atom. The monoisotopic (exact) mass is 747 g/mol. The molecule has 0 radical (unpaired) electrons. The maximum atomic E-state index is 6.62. The van der Waals surface area contributed by atoms with Crippen molar-refractivity contribution >= 4 is 145 Å². The van der Waals surface area contributed by atoms with Crippen molar-refractivity contribution in [2.75, 3.05) is 4.90 Å². The van der Waals surface area contributed by atoms with E-state index in [9.17, 15) is 0 Å². The summed E-state index contributed by atoms with van der Waals surface area (Å²) in [6.07, 6.45) is 0. The van der Waals surface area contributed by atoms with Gasteiger partial charge in [-0.15, -0.1) is 22.7 Å². The molecule has 56 heavy (non-hydrogen) atoms. The van der Waals surface area contributed by atoms with Gasteiger partial charge in [-0.1, -0.05) is 127 Å². The molecule has 0 fully saturated rings. The SMILES string of the molecule is c1ccc2c(c1)ccc1c3cc(N(c4ccc5c(c4)sc4c6ccccc6c6ccccc6c54)c4cc5sc6ccccc6c5c5ccccc45)ccc3oc21. The van der Waals surface area contributed by atoms with Gasteiger partial charge in [0.2, 0.25) is 0 Å². The van der Waals surface area contributed by atoms with E-state index < -0.39 is 0 Å². The molecule has 4 heteroatoms. The Balaban J connectivity index is 1.12. The van der Waals surface area contributed by atoms with Crippen molar-refractivity contribution in [2.24, 2.45) is 0 Å². The van der Waals surface area contributed by atoms with Gasteiger partial charge in [0, 0.05) is 78.7 Å². The highest BCUT2D eigenvalue weighted by Gasteiger charge is 2.22. The number of rotatable bonds is 3. The first-order valence-electron chi connectivity index (χ1n) is 19.0. The van der Waals surface area contributed by atoms with Crippen LogP contribution in [0.1, 0.15) is 0 Å². The number of anilines is 3. The van der Waals surface area contributed by atoms with Gasteiger partial charge in [0.25, 0.3) is 0 Å². The number of furan rings is 1. The predicted molar refractivity (Wildman–Crippen MR) is 244 cm³/mol. The number of hydrogen-bond donors (Lipinski definition) is 0. The molecule has 13 aromatic rings. The highest BCUT2D eigenvalue weighted by Crippen LogP contribution is 2.50. The standard InChI is InChI=1S/C52H29NOS2/c1-2-12-33-30(11-1)21-24-39-43-27-31(23-26-45(43)54-51(33)39)53(44-29-48-49(38-17-7-5-15-36(38)44)41-19-9-10-20-46(41)55-48)32-22-25-42-47(28-32)56-52-40-18-8-4-14-35(40)34-13-3-6-16-37(34)50(42)52/h1-29H. The maximum absolute atomic E-state index is 6.62. The number of nitrogens with zero attached hydrogens (tertiary/aromatic N) is 1. The smallest absolute Gasteiger partial charge is 0.143 e. The van der Waals surface area contributed by atoms with E-state index >= 15 is 0 Å². The van der Waals surface area contributed by atoms with Crippen LogP contribution in [-0.2, 0) is 0 Å². The molecule has 0 aliphatic rings. The van der Waals surface area contributed by atoms with E-state index in [4.69, 9.17) is 4.42 Å². The zero-order chi connectivity index (χ0) is 36.5. The Kier molecular flexibility index (Phi) is 6.23. The molecule has 2 nitrogen and oxygen atoms in total. The molecule has 0 unspecified atom stereocenters. The van der Waals surface area contributed by atoms with Crippen LogP contribution in [0, 0.1) is 0 Å². The molecule has 260 valence electrons. The predicted octanol–water partition coefficient (Wildman–Crippen LogP) is 16.4. The topological polar surface area (TPSA) is 16.4 Å². The van der Waals surface area contributed by atoms with E-state index in [0.29, 0.717) is 0 Å². The molecule has 13 rings (SSSR count). The Hall–Kier alpha value is -6.72. The van der Waals surface area contributed by atoms with E-state index in [1.165, 1.54) is 78.0 Å². The highest BCUT2D eigenvalue weighted by molar-refractivity contribution is 7.27. The maximum Gasteiger partial charge on any atom is 0.143 e. The Morgan fingerprint density at radius 3 is 1.80 bits per heavy atom. The third-order valence-electron chi connectivity index (χ3n) is 11.8. The summed E-state index contributed by atoms with van der Waals surface area (Å²) >= 11 is 3.78. The lowest BCUT2D eigenvalue weighted by atomic mass is 9.97. The quantitative estimate of drug-likeness (QED) is 0.167. The summed E-state index contributed by atoms with van der Waals surface area (Å²) in [4.78, 5) is 2.48. The first kappa shape index (κ1) is 30.6. The highest BCUT2D eigenvalue weighted by atomic mass is 32.1. The van der Waals surface area contributed by atoms with Gasteiger partial charge in [-0.25, -0.2) is 0 Å². The second-order valence-corrected chi connectivity index (χ2v) is 16.9. The third-order valence-corrected chi connectivity index (χ3v) is 14.1. The van der Waals surface area contributed by atoms with E-state index in [1.807, 2.05) is 22.7 Å². The lowest BCUT2D eigenvalue weighted by molar-refractivity contribution is 0.672. The summed E-state index contributed by atoms with van der Waals surface area (Å²) in [6.45, 7) is 0. The second kappa shape index (κ2) is 11.4. The first-order valence-corrected chi connectivity index (χ1v) is 20.6. The van der Waals surface area contributed by atoms with Gasteiger partial charge < -0.3 is 9.32 Å². The van der Waals surface area contributed by atoms with Crippen LogP contribution < -0.4 is 4.90 Å². The van der Waals surface area contributed by atoms with Crippen molar-refractivity contribution in [3.63, 3.8) is 0 Å². The molecule has 3 heterocycles. The van der Waals surface area contributed by atoms with Crippen LogP contribution in [0.3, 0.4) is 0 Å². The third kappa shape index (κ3) is 4.20. The Bertz CT molecular complexity index is 3790. The van der Waals surface area contributed by atoms with E-state index in [0.717, 1.165) is 44.4 Å². The van der Waals surface area contributed by atoms with Crippen molar-refractivity contribution in [1.29, 1.82) is 0 Å². The van der Waals surface area contributed by atoms with Crippen molar-refractivity contribution in [2.45, 2.75) is 0 Å². The minimum Gasteiger partial charge on any atom is -0.455 e. The van der Waals surface area contributed by atoms with Crippen LogP contribution in [0.25, 0.3) is 105 Å². The molecule has 0 saturated heterocycles. The lowest BCUT2D eigenvalue weighted by Crippen LogP contribution is -2.10. The molecule has 0 amide bonds. The van der Waals surface area contributed by atoms with E-state index in [1.54, 1.807) is 0 Å². The largest absolute Gasteiger partial charge is 0.455 e. The molecule has 0 spiro atoms. The fraction of sp³-hybridized carbons (Fsp3) is 0. The van der Waals surface area contributed by atoms with Crippen LogP contribution in [-0.4, -0.2) is 0 Å². The summed E-state index contributed by atoms with van der Waals surface area (Å²) in [6, 6.07) is 64.7. The number of benzene rings is 10. The van der Waals surface area contributed by atoms with Gasteiger partial charge in [-0.05, 0) is 75.5 Å². The fourth-order valence-electron chi connectivity index (χ4n) is 9.35. The summed E-state index contributed by atoms with van der Waals surface area (Å²) in [5.41, 5.74) is 5.21. The summed E-state index contributed by atoms with van der Waals surface area (Å²) in [7, 11) is 0. The second-order valence-electron chi connectivity index (χ2n) is 14.8.